The van der Waals surface area contributed by atoms with Crippen LogP contribution in [0.5, 0.6) is 6.01 Å². The Hall–Kier alpha value is -1.63. The van der Waals surface area contributed by atoms with Gasteiger partial charge in [-0.1, -0.05) is 13.8 Å². The van der Waals surface area contributed by atoms with Crippen molar-refractivity contribution in [1.29, 1.82) is 0 Å². The van der Waals surface area contributed by atoms with Crippen LogP contribution in [0.4, 0.5) is 11.9 Å². The maximum Gasteiger partial charge on any atom is 0.323 e. The maximum absolute atomic E-state index is 5.61. The number of hydrogen-bond acceptors (Lipinski definition) is 7. The molecule has 20 heavy (non-hydrogen) atoms. The number of rotatable bonds is 9. The van der Waals surface area contributed by atoms with Crippen LogP contribution in [0.3, 0.4) is 0 Å². The molecule has 7 nitrogen and oxygen atoms in total. The minimum atomic E-state index is -0.0102. The van der Waals surface area contributed by atoms with Crippen molar-refractivity contribution in [3.8, 4) is 6.01 Å². The van der Waals surface area contributed by atoms with Gasteiger partial charge in [-0.15, -0.1) is 0 Å². The molecule has 0 aliphatic heterocycles. The second kappa shape index (κ2) is 8.52. The molecule has 0 saturated carbocycles. The summed E-state index contributed by atoms with van der Waals surface area (Å²) in [6.07, 6.45) is 1.05. The van der Waals surface area contributed by atoms with Crippen LogP contribution in [0.1, 0.15) is 34.1 Å². The topological polar surface area (TPSA) is 95.2 Å². The lowest BCUT2D eigenvalue weighted by Crippen LogP contribution is -2.15. The molecule has 0 unspecified atom stereocenters. The molecular weight excluding hydrogens is 258 g/mol. The third kappa shape index (κ3) is 7.08. The first-order chi connectivity index (χ1) is 9.47. The molecule has 0 spiro atoms. The molecule has 1 rings (SSSR count). The van der Waals surface area contributed by atoms with Gasteiger partial charge in [0.05, 0.1) is 12.7 Å². The molecule has 3 N–H and O–H groups in total. The number of nitrogens with zero attached hydrogens (tertiary/aromatic N) is 3. The first kappa shape index (κ1) is 16.4. The van der Waals surface area contributed by atoms with Crippen LogP contribution in [0, 0.1) is 5.92 Å². The SMILES string of the molecule is CC(C)CCOCCNc1nc(N)nc(OC(C)C)n1. The Balaban J connectivity index is 2.34. The van der Waals surface area contributed by atoms with Gasteiger partial charge in [0.15, 0.2) is 0 Å². The number of nitrogen functional groups attached to an aromatic ring is 1. The van der Waals surface area contributed by atoms with Crippen molar-refractivity contribution < 1.29 is 9.47 Å². The van der Waals surface area contributed by atoms with Gasteiger partial charge in [-0.2, -0.15) is 15.0 Å². The van der Waals surface area contributed by atoms with Gasteiger partial charge in [0.1, 0.15) is 0 Å². The molecule has 0 atom stereocenters. The molecule has 0 bridgehead atoms. The Kier molecular flexibility index (Phi) is 7.00. The van der Waals surface area contributed by atoms with Gasteiger partial charge < -0.3 is 20.5 Å². The molecule has 1 aromatic rings. The third-order valence-electron chi connectivity index (χ3n) is 2.34. The van der Waals surface area contributed by atoms with E-state index in [2.05, 4.69) is 34.1 Å². The van der Waals surface area contributed by atoms with E-state index in [1.54, 1.807) is 0 Å². The van der Waals surface area contributed by atoms with Crippen LogP contribution in [0.25, 0.3) is 0 Å². The average molecular weight is 283 g/mol. The fraction of sp³-hybridized carbons (Fsp3) is 0.769. The first-order valence-electron chi connectivity index (χ1n) is 6.97. The van der Waals surface area contributed by atoms with Crippen molar-refractivity contribution in [3.63, 3.8) is 0 Å². The predicted molar refractivity (Wildman–Crippen MR) is 78.8 cm³/mol. The fourth-order valence-corrected chi connectivity index (χ4v) is 1.37. The largest absolute Gasteiger partial charge is 0.461 e. The van der Waals surface area contributed by atoms with Gasteiger partial charge in [-0.25, -0.2) is 0 Å². The van der Waals surface area contributed by atoms with Gasteiger partial charge in [-0.05, 0) is 26.2 Å². The van der Waals surface area contributed by atoms with Crippen LogP contribution in [0.2, 0.25) is 0 Å². The molecule has 0 radical (unpaired) electrons. The summed E-state index contributed by atoms with van der Waals surface area (Å²) in [6.45, 7) is 10.1. The molecule has 0 aliphatic rings. The summed E-state index contributed by atoms with van der Waals surface area (Å²) in [4.78, 5) is 12.0. The lowest BCUT2D eigenvalue weighted by Gasteiger charge is -2.10. The molecule has 7 heteroatoms. The van der Waals surface area contributed by atoms with Gasteiger partial charge in [0.25, 0.3) is 0 Å². The van der Waals surface area contributed by atoms with E-state index in [0.717, 1.165) is 13.0 Å². The van der Waals surface area contributed by atoms with Crippen LogP contribution in [0.15, 0.2) is 0 Å². The van der Waals surface area contributed by atoms with Crippen molar-refractivity contribution in [2.75, 3.05) is 30.8 Å². The Bertz CT molecular complexity index is 398. The van der Waals surface area contributed by atoms with Crippen molar-refractivity contribution in [3.05, 3.63) is 0 Å². The molecular formula is C13H25N5O2. The second-order valence-electron chi connectivity index (χ2n) is 5.19. The number of nitrogens with one attached hydrogen (secondary N) is 1. The number of aromatic nitrogens is 3. The highest BCUT2D eigenvalue weighted by Gasteiger charge is 2.06. The van der Waals surface area contributed by atoms with E-state index in [9.17, 15) is 0 Å². The molecule has 1 aromatic heterocycles. The van der Waals surface area contributed by atoms with E-state index >= 15 is 0 Å². The second-order valence-corrected chi connectivity index (χ2v) is 5.19. The third-order valence-corrected chi connectivity index (χ3v) is 2.34. The quantitative estimate of drug-likeness (QED) is 0.666. The van der Waals surface area contributed by atoms with Crippen molar-refractivity contribution in [2.45, 2.75) is 40.2 Å². The number of nitrogens with two attached hydrogens (primary N) is 1. The molecule has 0 aliphatic carbocycles. The summed E-state index contributed by atoms with van der Waals surface area (Å²) in [7, 11) is 0. The summed E-state index contributed by atoms with van der Waals surface area (Å²) in [6, 6.07) is 0.232. The summed E-state index contributed by atoms with van der Waals surface area (Å²) < 4.78 is 10.9. The van der Waals surface area contributed by atoms with Crippen molar-refractivity contribution >= 4 is 11.9 Å². The number of anilines is 2. The zero-order chi connectivity index (χ0) is 15.0. The first-order valence-corrected chi connectivity index (χ1v) is 6.97. The summed E-state index contributed by atoms with van der Waals surface area (Å²) >= 11 is 0. The highest BCUT2D eigenvalue weighted by Crippen LogP contribution is 2.10. The van der Waals surface area contributed by atoms with Crippen LogP contribution in [-0.4, -0.2) is 40.8 Å². The van der Waals surface area contributed by atoms with Crippen LogP contribution >= 0.6 is 0 Å². The highest BCUT2D eigenvalue weighted by molar-refractivity contribution is 5.32. The monoisotopic (exact) mass is 283 g/mol. The molecule has 114 valence electrons. The molecule has 0 amide bonds. The Morgan fingerprint density at radius 1 is 1.10 bits per heavy atom. The lowest BCUT2D eigenvalue weighted by molar-refractivity contribution is 0.132. The maximum atomic E-state index is 5.61. The van der Waals surface area contributed by atoms with Crippen molar-refractivity contribution in [1.82, 2.24) is 15.0 Å². The van der Waals surface area contributed by atoms with Crippen LogP contribution < -0.4 is 15.8 Å². The Labute approximate surface area is 120 Å². The van der Waals surface area contributed by atoms with Gasteiger partial charge >= 0.3 is 6.01 Å². The molecule has 0 aromatic carbocycles. The number of hydrogen-bond donors (Lipinski definition) is 2. The van der Waals surface area contributed by atoms with Gasteiger partial charge in [-0.3, -0.25) is 0 Å². The highest BCUT2D eigenvalue weighted by atomic mass is 16.5. The Morgan fingerprint density at radius 2 is 1.85 bits per heavy atom. The summed E-state index contributed by atoms with van der Waals surface area (Å²) in [5.41, 5.74) is 5.61. The van der Waals surface area contributed by atoms with E-state index < -0.39 is 0 Å². The smallest absolute Gasteiger partial charge is 0.323 e. The summed E-state index contributed by atoms with van der Waals surface area (Å²) in [5.74, 6) is 1.20. The average Bonchev–Trinajstić information content (AvgIpc) is 2.31. The fourth-order valence-electron chi connectivity index (χ4n) is 1.37. The minimum absolute atomic E-state index is 0.0102. The lowest BCUT2D eigenvalue weighted by atomic mass is 10.1. The molecule has 0 fully saturated rings. The van der Waals surface area contributed by atoms with E-state index in [4.69, 9.17) is 15.2 Å². The summed E-state index contributed by atoms with van der Waals surface area (Å²) in [5, 5.41) is 3.04. The van der Waals surface area contributed by atoms with E-state index in [1.807, 2.05) is 13.8 Å². The number of ether oxygens (including phenoxy) is 2. The minimum Gasteiger partial charge on any atom is -0.461 e. The normalized spacial score (nSPS) is 11.1. The van der Waals surface area contributed by atoms with Gasteiger partial charge in [0.2, 0.25) is 11.9 Å². The molecule has 1 heterocycles. The van der Waals surface area contributed by atoms with E-state index in [-0.39, 0.29) is 18.1 Å². The van der Waals surface area contributed by atoms with Gasteiger partial charge in [0, 0.05) is 13.2 Å². The Morgan fingerprint density at radius 3 is 2.50 bits per heavy atom. The molecule has 0 saturated heterocycles. The predicted octanol–water partition coefficient (Wildman–Crippen LogP) is 1.72. The standard InChI is InChI=1S/C13H25N5O2/c1-9(2)5-7-19-8-6-15-12-16-11(14)17-13(18-12)20-10(3)4/h9-10H,5-8H2,1-4H3,(H3,14,15,16,17,18). The zero-order valence-corrected chi connectivity index (χ0v) is 12.7. The van der Waals surface area contributed by atoms with Crippen LogP contribution in [-0.2, 0) is 4.74 Å². The van der Waals surface area contributed by atoms with E-state index in [1.165, 1.54) is 0 Å². The van der Waals surface area contributed by atoms with Crippen molar-refractivity contribution in [2.24, 2.45) is 5.92 Å². The van der Waals surface area contributed by atoms with E-state index in [0.29, 0.717) is 25.0 Å². The zero-order valence-electron chi connectivity index (χ0n) is 12.7.